The Morgan fingerprint density at radius 1 is 0.649 bits per heavy atom. The molecule has 2 saturated heterocycles. The Hall–Kier alpha value is -7.72. The molecule has 2 saturated carbocycles. The summed E-state index contributed by atoms with van der Waals surface area (Å²) >= 11 is 0. The lowest BCUT2D eigenvalue weighted by atomic mass is 9.84. The van der Waals surface area contributed by atoms with Gasteiger partial charge in [0.2, 0.25) is 11.8 Å². The average molecular weight is 1040 g/mol. The summed E-state index contributed by atoms with van der Waals surface area (Å²) < 4.78 is 9.77. The fourth-order valence-electron chi connectivity index (χ4n) is 13.8. The van der Waals surface area contributed by atoms with E-state index in [1.807, 2.05) is 9.80 Å². The van der Waals surface area contributed by atoms with Crippen molar-refractivity contribution in [2.45, 2.75) is 158 Å². The van der Waals surface area contributed by atoms with Gasteiger partial charge in [0.25, 0.3) is 0 Å². The van der Waals surface area contributed by atoms with Crippen LogP contribution in [0.2, 0.25) is 0 Å². The summed E-state index contributed by atoms with van der Waals surface area (Å²) in [6.45, 7) is 2.30. The summed E-state index contributed by atoms with van der Waals surface area (Å²) in [7, 11) is 2.55. The highest BCUT2D eigenvalue weighted by atomic mass is 16.5. The lowest BCUT2D eigenvalue weighted by Crippen LogP contribution is -2.51. The predicted molar refractivity (Wildman–Crippen MR) is 291 cm³/mol. The van der Waals surface area contributed by atoms with Gasteiger partial charge in [-0.25, -0.2) is 19.6 Å². The van der Waals surface area contributed by atoms with Crippen molar-refractivity contribution in [1.29, 1.82) is 10.5 Å². The van der Waals surface area contributed by atoms with E-state index in [9.17, 15) is 29.7 Å². The number of amides is 4. The molecule has 6 aliphatic carbocycles. The molecule has 4 heterocycles. The summed E-state index contributed by atoms with van der Waals surface area (Å²) in [6, 6.07) is 28.8. The number of alkyl carbamates (subject to hydrolysis) is 2. The number of H-pyrrole nitrogens is 2. The molecule has 16 heteroatoms. The molecule has 8 aliphatic rings. The number of aromatic amines is 2. The molecule has 9 atom stereocenters. The maximum atomic E-state index is 14.5. The third kappa shape index (κ3) is 10.2. The number of rotatable bonds is 12. The molecule has 0 spiro atoms. The van der Waals surface area contributed by atoms with Crippen LogP contribution in [0, 0.1) is 34.5 Å². The van der Waals surface area contributed by atoms with Gasteiger partial charge in [-0.1, -0.05) is 81.1 Å². The molecule has 4 N–H and O–H groups in total. The quantitative estimate of drug-likeness (QED) is 0.0907. The summed E-state index contributed by atoms with van der Waals surface area (Å²) in [5.41, 5.74) is 13.1. The number of ether oxygens (including phenoxy) is 2. The zero-order valence-corrected chi connectivity index (χ0v) is 44.3. The molecular formula is C61H68N10O6. The first-order chi connectivity index (χ1) is 37.5. The second-order valence-electron chi connectivity index (χ2n) is 22.2. The van der Waals surface area contributed by atoms with E-state index >= 15 is 0 Å². The highest BCUT2D eigenvalue weighted by Gasteiger charge is 2.49. The van der Waals surface area contributed by atoms with Crippen LogP contribution < -0.4 is 10.6 Å². The largest absolute Gasteiger partial charge is 0.453 e. The van der Waals surface area contributed by atoms with Crippen molar-refractivity contribution in [3.05, 3.63) is 107 Å². The van der Waals surface area contributed by atoms with Gasteiger partial charge in [-0.2, -0.15) is 10.5 Å². The Kier molecular flexibility index (Phi) is 14.7. The van der Waals surface area contributed by atoms with E-state index in [-0.39, 0.29) is 67.6 Å². The van der Waals surface area contributed by atoms with Crippen LogP contribution in [0.15, 0.2) is 72.8 Å². The minimum Gasteiger partial charge on any atom is -0.453 e. The van der Waals surface area contributed by atoms with Crippen LogP contribution in [-0.4, -0.2) is 92.1 Å². The van der Waals surface area contributed by atoms with Gasteiger partial charge in [0, 0.05) is 24.9 Å². The van der Waals surface area contributed by atoms with Gasteiger partial charge in [-0.15, -0.1) is 0 Å². The minimum atomic E-state index is -0.874. The predicted octanol–water partition coefficient (Wildman–Crippen LogP) is 10.9. The van der Waals surface area contributed by atoms with Crippen molar-refractivity contribution in [2.24, 2.45) is 11.8 Å². The number of carbonyl (C=O) groups excluding carboxylic acids is 4. The Morgan fingerprint density at radius 3 is 1.68 bits per heavy atom. The van der Waals surface area contributed by atoms with E-state index in [0.29, 0.717) is 11.8 Å². The maximum Gasteiger partial charge on any atom is 0.407 e. The molecule has 16 nitrogen and oxygen atoms in total. The minimum absolute atomic E-state index is 0.0352. The van der Waals surface area contributed by atoms with Crippen LogP contribution in [0.4, 0.5) is 9.59 Å². The van der Waals surface area contributed by atoms with E-state index in [2.05, 4.69) is 112 Å². The first-order valence-electron chi connectivity index (χ1n) is 27.8. The molecule has 4 bridgehead atoms. The van der Waals surface area contributed by atoms with Gasteiger partial charge < -0.3 is 39.9 Å². The lowest BCUT2D eigenvalue weighted by molar-refractivity contribution is -0.138. The molecule has 6 aromatic rings. The molecule has 0 radical (unpaired) electrons. The topological polar surface area (TPSA) is 222 Å². The third-order valence-corrected chi connectivity index (χ3v) is 17.7. The smallest absolute Gasteiger partial charge is 0.407 e. The second kappa shape index (κ2) is 22.1. The monoisotopic (exact) mass is 1040 g/mol. The molecule has 14 rings (SSSR count). The standard InChI is InChI=1S/C61H68N10O6/c1-35-28-39-19-17-36(29-44(39)40-22-24-46-50(31-40)66-56(64-46)54-33-42-10-4-6-14-52(42)70(54)58(72)48(12-8-26-62)68-60(74)76-2)16-18-37-20-21-38(35)30-45(37)41-23-25-47-51(32-41)67-57(65-47)55-34-43-11-5-7-15-53(43)71(55)59(73)49(13-9-27-63)69-61(75)77-3/h17,19-25,29-32,35,42-43,48-49,52-55H,4-16,18,28,33-34H2,1-3H3,(H,64,66)(H,65,67)(H,68,74)(H,69,75)/t35-,42?,43?,48?,49?,52?,53?,54?,55?/m1/s1. The van der Waals surface area contributed by atoms with E-state index in [1.54, 1.807) is 0 Å². The fourth-order valence-corrected chi connectivity index (χ4v) is 13.8. The van der Waals surface area contributed by atoms with Crippen LogP contribution in [0.5, 0.6) is 0 Å². The van der Waals surface area contributed by atoms with Crippen LogP contribution in [-0.2, 0) is 38.3 Å². The maximum absolute atomic E-state index is 14.5. The average Bonchev–Trinajstić information content (AvgIpc) is 4.27. The number of imidazole rings is 2. The zero-order valence-electron chi connectivity index (χ0n) is 44.3. The number of fused-ring (bicyclic) bond motifs is 4. The molecule has 2 aromatic heterocycles. The summed E-state index contributed by atoms with van der Waals surface area (Å²) in [4.78, 5) is 75.3. The number of benzene rings is 4. The fraction of sp³-hybridized carbons (Fsp3) is 0.475. The van der Waals surface area contributed by atoms with Crippen molar-refractivity contribution in [1.82, 2.24) is 40.4 Å². The van der Waals surface area contributed by atoms with Crippen molar-refractivity contribution in [3.63, 3.8) is 0 Å². The molecule has 4 fully saturated rings. The van der Waals surface area contributed by atoms with Gasteiger partial charge in [0.1, 0.15) is 23.7 Å². The van der Waals surface area contributed by atoms with E-state index in [0.717, 1.165) is 128 Å². The number of hydrogen-bond donors (Lipinski definition) is 4. The Morgan fingerprint density at radius 2 is 1.16 bits per heavy atom. The number of hydrogen-bond acceptors (Lipinski definition) is 10. The summed E-state index contributed by atoms with van der Waals surface area (Å²) in [6.07, 6.45) is 11.5. The number of nitriles is 2. The first-order valence-corrected chi connectivity index (χ1v) is 27.8. The Bertz CT molecular complexity index is 3310. The molecule has 4 aromatic carbocycles. The van der Waals surface area contributed by atoms with E-state index in [1.165, 1.54) is 47.6 Å². The van der Waals surface area contributed by atoms with Crippen LogP contribution in [0.3, 0.4) is 0 Å². The molecule has 77 heavy (non-hydrogen) atoms. The molecule has 2 aliphatic heterocycles. The number of nitrogens with one attached hydrogen (secondary N) is 4. The van der Waals surface area contributed by atoms with Gasteiger partial charge in [-0.3, -0.25) is 9.59 Å². The number of methoxy groups -OCH3 is 2. The van der Waals surface area contributed by atoms with Crippen molar-refractivity contribution in [2.75, 3.05) is 14.2 Å². The summed E-state index contributed by atoms with van der Waals surface area (Å²) in [5, 5.41) is 24.3. The van der Waals surface area contributed by atoms with Crippen molar-refractivity contribution < 1.29 is 28.7 Å². The normalized spacial score (nSPS) is 23.5. The SMILES string of the molecule is COC(=O)NC(CCC#N)C(=O)N1C(c2nc3ccc(-c4cc5ccc4CCc4ccc(c(-c6ccc7nc(C8CC9CCCCC9N8C(=O)C(CCC#N)NC(=O)OC)[nH]c7c6)c4)C[C@H]5C)cc3[nH]2)CC2CCCCC21. The summed E-state index contributed by atoms with van der Waals surface area (Å²) in [5.74, 6) is 1.95. The highest BCUT2D eigenvalue weighted by Crippen LogP contribution is 2.48. The van der Waals surface area contributed by atoms with Crippen LogP contribution in [0.1, 0.15) is 149 Å². The first kappa shape index (κ1) is 51.4. The second-order valence-corrected chi connectivity index (χ2v) is 22.2. The number of aromatic nitrogens is 4. The van der Waals surface area contributed by atoms with E-state index < -0.39 is 24.3 Å². The van der Waals surface area contributed by atoms with Crippen LogP contribution in [0.25, 0.3) is 44.3 Å². The Balaban J connectivity index is 0.857. The van der Waals surface area contributed by atoms with Crippen LogP contribution >= 0.6 is 0 Å². The molecule has 398 valence electrons. The lowest BCUT2D eigenvalue weighted by Gasteiger charge is -2.35. The number of nitrogens with zero attached hydrogens (tertiary/aromatic N) is 6. The zero-order chi connectivity index (χ0) is 53.3. The van der Waals surface area contributed by atoms with E-state index in [4.69, 9.17) is 19.4 Å². The number of likely N-dealkylation sites (tertiary alicyclic amines) is 2. The number of aryl methyl sites for hydroxylation is 2. The highest BCUT2D eigenvalue weighted by molar-refractivity contribution is 5.89. The molecule has 8 unspecified atom stereocenters. The van der Waals surface area contributed by atoms with Gasteiger partial charge in [0.15, 0.2) is 0 Å². The third-order valence-electron chi connectivity index (χ3n) is 17.7. The molecular weight excluding hydrogens is 969 g/mol. The Labute approximate surface area is 449 Å². The van der Waals surface area contributed by atoms with Gasteiger partial charge in [0.05, 0.1) is 60.5 Å². The van der Waals surface area contributed by atoms with Crippen molar-refractivity contribution in [3.8, 4) is 34.4 Å². The van der Waals surface area contributed by atoms with Gasteiger partial charge in [-0.05, 0) is 157 Å². The van der Waals surface area contributed by atoms with Crippen molar-refractivity contribution >= 4 is 46.1 Å². The van der Waals surface area contributed by atoms with Gasteiger partial charge >= 0.3 is 12.2 Å². The molecule has 4 amide bonds. The number of carbonyl (C=O) groups is 4.